The standard InChI is InChI=1S/C11H8FN3O2/c12-6-1-5-2-10(16)14-11(5)7(3-6)8-4-9(13)17-15-8/h1,3-4H,2,13H2,(H,14,16). The van der Waals surface area contributed by atoms with Crippen molar-refractivity contribution in [3.8, 4) is 11.3 Å². The van der Waals surface area contributed by atoms with Crippen LogP contribution in [-0.2, 0) is 11.2 Å². The third kappa shape index (κ3) is 1.54. The first kappa shape index (κ1) is 9.83. The molecular weight excluding hydrogens is 225 g/mol. The number of anilines is 2. The van der Waals surface area contributed by atoms with Crippen LogP contribution in [0.3, 0.4) is 0 Å². The zero-order valence-corrected chi connectivity index (χ0v) is 8.66. The highest BCUT2D eigenvalue weighted by Gasteiger charge is 2.23. The topological polar surface area (TPSA) is 81.1 Å². The molecule has 0 unspecified atom stereocenters. The number of nitrogens with one attached hydrogen (secondary N) is 1. The molecule has 0 bridgehead atoms. The number of amides is 1. The summed E-state index contributed by atoms with van der Waals surface area (Å²) < 4.78 is 18.2. The Bertz CT molecular complexity index is 621. The number of hydrogen-bond acceptors (Lipinski definition) is 4. The molecule has 86 valence electrons. The maximum Gasteiger partial charge on any atom is 0.228 e. The monoisotopic (exact) mass is 233 g/mol. The minimum Gasteiger partial charge on any atom is -0.368 e. The largest absolute Gasteiger partial charge is 0.368 e. The zero-order chi connectivity index (χ0) is 12.0. The molecule has 3 N–H and O–H groups in total. The van der Waals surface area contributed by atoms with Gasteiger partial charge >= 0.3 is 0 Å². The van der Waals surface area contributed by atoms with Crippen LogP contribution in [0, 0.1) is 5.82 Å². The van der Waals surface area contributed by atoms with Gasteiger partial charge in [0.25, 0.3) is 0 Å². The maximum absolute atomic E-state index is 13.4. The lowest BCUT2D eigenvalue weighted by molar-refractivity contribution is -0.115. The predicted octanol–water partition coefficient (Wildman–Crippen LogP) is 1.56. The van der Waals surface area contributed by atoms with E-state index in [0.29, 0.717) is 22.5 Å². The van der Waals surface area contributed by atoms with Crippen LogP contribution in [0.15, 0.2) is 22.7 Å². The van der Waals surface area contributed by atoms with E-state index in [1.807, 2.05) is 0 Å². The van der Waals surface area contributed by atoms with Crippen LogP contribution >= 0.6 is 0 Å². The molecule has 17 heavy (non-hydrogen) atoms. The number of fused-ring (bicyclic) bond motifs is 1. The molecule has 0 saturated heterocycles. The predicted molar refractivity (Wildman–Crippen MR) is 58.6 cm³/mol. The summed E-state index contributed by atoms with van der Waals surface area (Å²) in [4.78, 5) is 11.3. The molecule has 5 nitrogen and oxygen atoms in total. The molecule has 1 aromatic heterocycles. The van der Waals surface area contributed by atoms with E-state index < -0.39 is 5.82 Å². The molecular formula is C11H8FN3O2. The second kappa shape index (κ2) is 3.31. The van der Waals surface area contributed by atoms with Gasteiger partial charge in [-0.3, -0.25) is 4.79 Å². The number of nitrogen functional groups attached to an aromatic ring is 1. The number of carbonyl (C=O) groups excluding carboxylic acids is 1. The van der Waals surface area contributed by atoms with Crippen molar-refractivity contribution in [1.82, 2.24) is 5.16 Å². The lowest BCUT2D eigenvalue weighted by atomic mass is 10.0. The van der Waals surface area contributed by atoms with E-state index >= 15 is 0 Å². The third-order valence-electron chi connectivity index (χ3n) is 2.60. The van der Waals surface area contributed by atoms with Gasteiger partial charge < -0.3 is 15.6 Å². The molecule has 1 aromatic carbocycles. The van der Waals surface area contributed by atoms with Gasteiger partial charge in [-0.2, -0.15) is 0 Å². The number of carbonyl (C=O) groups is 1. The Balaban J connectivity index is 2.21. The van der Waals surface area contributed by atoms with E-state index in [1.54, 1.807) is 0 Å². The van der Waals surface area contributed by atoms with Crippen molar-refractivity contribution in [2.45, 2.75) is 6.42 Å². The van der Waals surface area contributed by atoms with Gasteiger partial charge in [-0.25, -0.2) is 4.39 Å². The molecule has 0 fully saturated rings. The Kier molecular flexibility index (Phi) is 1.91. The first-order chi connectivity index (χ1) is 8.13. The maximum atomic E-state index is 13.4. The molecule has 6 heteroatoms. The van der Waals surface area contributed by atoms with Gasteiger partial charge in [0, 0.05) is 11.6 Å². The summed E-state index contributed by atoms with van der Waals surface area (Å²) >= 11 is 0. The molecule has 0 radical (unpaired) electrons. The number of aromatic nitrogens is 1. The number of nitrogens with zero attached hydrogens (tertiary/aromatic N) is 1. The molecule has 0 aliphatic carbocycles. The number of nitrogens with two attached hydrogens (primary N) is 1. The molecule has 0 saturated carbocycles. The molecule has 2 heterocycles. The highest BCUT2D eigenvalue weighted by molar-refractivity contribution is 6.03. The average Bonchev–Trinajstić information content (AvgIpc) is 2.82. The van der Waals surface area contributed by atoms with Gasteiger partial charge in [0.2, 0.25) is 11.8 Å². The summed E-state index contributed by atoms with van der Waals surface area (Å²) in [5, 5.41) is 6.38. The highest BCUT2D eigenvalue weighted by Crippen LogP contribution is 2.35. The molecule has 0 atom stereocenters. The fourth-order valence-electron chi connectivity index (χ4n) is 1.93. The molecule has 0 spiro atoms. The number of halogens is 1. The first-order valence-corrected chi connectivity index (χ1v) is 4.98. The Labute approximate surface area is 95.4 Å². The summed E-state index contributed by atoms with van der Waals surface area (Å²) in [5.41, 5.74) is 7.49. The van der Waals surface area contributed by atoms with Gasteiger partial charge in [0.1, 0.15) is 11.5 Å². The van der Waals surface area contributed by atoms with Crippen LogP contribution in [0.5, 0.6) is 0 Å². The molecule has 1 aliphatic heterocycles. The highest BCUT2D eigenvalue weighted by atomic mass is 19.1. The summed E-state index contributed by atoms with van der Waals surface area (Å²) in [6.45, 7) is 0. The fourth-order valence-corrected chi connectivity index (χ4v) is 1.93. The average molecular weight is 233 g/mol. The lowest BCUT2D eigenvalue weighted by Gasteiger charge is -2.05. The molecule has 3 rings (SSSR count). The van der Waals surface area contributed by atoms with Gasteiger partial charge in [-0.15, -0.1) is 0 Å². The van der Waals surface area contributed by atoms with E-state index in [4.69, 9.17) is 10.3 Å². The van der Waals surface area contributed by atoms with Crippen LogP contribution in [0.25, 0.3) is 11.3 Å². The summed E-state index contributed by atoms with van der Waals surface area (Å²) in [5.74, 6) is -0.442. The first-order valence-electron chi connectivity index (χ1n) is 4.98. The number of rotatable bonds is 1. The molecule has 2 aromatic rings. The van der Waals surface area contributed by atoms with Crippen LogP contribution in [0.2, 0.25) is 0 Å². The summed E-state index contributed by atoms with van der Waals surface area (Å²) in [6.07, 6.45) is 0.174. The fraction of sp³-hybridized carbons (Fsp3) is 0.0909. The van der Waals surface area contributed by atoms with E-state index in [2.05, 4.69) is 10.5 Å². The van der Waals surface area contributed by atoms with Crippen molar-refractivity contribution >= 4 is 17.5 Å². The summed E-state index contributed by atoms with van der Waals surface area (Å²) in [6, 6.07) is 4.11. The SMILES string of the molecule is Nc1cc(-c2cc(F)cc3c2NC(=O)C3)no1. The Morgan fingerprint density at radius 1 is 1.41 bits per heavy atom. The number of benzene rings is 1. The summed E-state index contributed by atoms with van der Waals surface area (Å²) in [7, 11) is 0. The second-order valence-electron chi connectivity index (χ2n) is 3.83. The van der Waals surface area contributed by atoms with Gasteiger partial charge in [0.15, 0.2) is 0 Å². The van der Waals surface area contributed by atoms with Crippen molar-refractivity contribution in [3.05, 3.63) is 29.6 Å². The van der Waals surface area contributed by atoms with Crippen molar-refractivity contribution in [3.63, 3.8) is 0 Å². The van der Waals surface area contributed by atoms with Crippen LogP contribution in [0.1, 0.15) is 5.56 Å². The third-order valence-corrected chi connectivity index (χ3v) is 2.60. The van der Waals surface area contributed by atoms with Gasteiger partial charge in [-0.1, -0.05) is 5.16 Å². The van der Waals surface area contributed by atoms with E-state index in [9.17, 15) is 9.18 Å². The molecule has 1 amide bonds. The zero-order valence-electron chi connectivity index (χ0n) is 8.66. The Hall–Kier alpha value is -2.37. The molecule has 1 aliphatic rings. The minimum atomic E-state index is -0.420. The van der Waals surface area contributed by atoms with Crippen molar-refractivity contribution in [2.75, 3.05) is 11.1 Å². The van der Waals surface area contributed by atoms with Crippen molar-refractivity contribution < 1.29 is 13.7 Å². The van der Waals surface area contributed by atoms with E-state index in [-0.39, 0.29) is 18.2 Å². The minimum absolute atomic E-state index is 0.141. The van der Waals surface area contributed by atoms with Gasteiger partial charge in [0.05, 0.1) is 12.1 Å². The van der Waals surface area contributed by atoms with Gasteiger partial charge in [-0.05, 0) is 17.7 Å². The van der Waals surface area contributed by atoms with Crippen molar-refractivity contribution in [2.24, 2.45) is 0 Å². The Morgan fingerprint density at radius 2 is 2.24 bits per heavy atom. The van der Waals surface area contributed by atoms with Crippen LogP contribution in [0.4, 0.5) is 16.0 Å². The normalized spacial score (nSPS) is 13.6. The van der Waals surface area contributed by atoms with E-state index in [0.717, 1.165) is 0 Å². The smallest absolute Gasteiger partial charge is 0.228 e. The van der Waals surface area contributed by atoms with Crippen LogP contribution < -0.4 is 11.1 Å². The van der Waals surface area contributed by atoms with Crippen molar-refractivity contribution in [1.29, 1.82) is 0 Å². The number of hydrogen-bond donors (Lipinski definition) is 2. The van der Waals surface area contributed by atoms with Crippen LogP contribution in [-0.4, -0.2) is 11.1 Å². The Morgan fingerprint density at radius 3 is 2.94 bits per heavy atom. The second-order valence-corrected chi connectivity index (χ2v) is 3.83. The quantitative estimate of drug-likeness (QED) is 0.783. The lowest BCUT2D eigenvalue weighted by Crippen LogP contribution is -2.04. The van der Waals surface area contributed by atoms with E-state index in [1.165, 1.54) is 18.2 Å².